The van der Waals surface area contributed by atoms with Gasteiger partial charge in [0.15, 0.2) is 5.58 Å². The van der Waals surface area contributed by atoms with Crippen LogP contribution in [-0.2, 0) is 0 Å². The second-order valence-electron chi connectivity index (χ2n) is 12.8. The summed E-state index contributed by atoms with van der Waals surface area (Å²) >= 11 is 0. The molecule has 0 amide bonds. The first-order chi connectivity index (χ1) is 25.2. The smallest absolute Gasteiger partial charge is 0.227 e. The Balaban J connectivity index is 1.09. The van der Waals surface area contributed by atoms with Gasteiger partial charge in [-0.3, -0.25) is 0 Å². The Hall–Kier alpha value is -6.91. The minimum atomic E-state index is 0.602. The Morgan fingerprint density at radius 2 is 0.980 bits per heavy atom. The average Bonchev–Trinajstić information content (AvgIpc) is 3.78. The number of furan rings is 1. The van der Waals surface area contributed by atoms with Crippen LogP contribution < -0.4 is 4.90 Å². The number of nitrogens with zero attached hydrogens (tertiary/aromatic N) is 2. The summed E-state index contributed by atoms with van der Waals surface area (Å²) in [6, 6.07) is 63.6. The number of aromatic nitrogens is 1. The van der Waals surface area contributed by atoms with Crippen LogP contribution in [-0.4, -0.2) is 4.98 Å². The Kier molecular flexibility index (Phi) is 6.78. The lowest BCUT2D eigenvalue weighted by molar-refractivity contribution is 0.620. The number of anilines is 3. The molecule has 0 saturated heterocycles. The van der Waals surface area contributed by atoms with Crippen molar-refractivity contribution in [3.63, 3.8) is 0 Å². The molecule has 0 spiro atoms. The summed E-state index contributed by atoms with van der Waals surface area (Å²) < 4.78 is 12.8. The van der Waals surface area contributed by atoms with Gasteiger partial charge in [0.25, 0.3) is 0 Å². The molecule has 10 rings (SSSR count). The SMILES string of the molecule is c1ccc(-c2ccc(N(c3cccc(-c4ccc5ccccc5c4)c3)c3ccc4c(c3)oc3cc5nc(-c6ccccc6)oc5cc34)cc2)cc1. The van der Waals surface area contributed by atoms with Gasteiger partial charge in [0.1, 0.15) is 16.7 Å². The molecule has 0 saturated carbocycles. The predicted molar refractivity (Wildman–Crippen MR) is 210 cm³/mol. The zero-order chi connectivity index (χ0) is 33.7. The molecule has 0 radical (unpaired) electrons. The van der Waals surface area contributed by atoms with E-state index in [-0.39, 0.29) is 0 Å². The molecule has 0 fully saturated rings. The fourth-order valence-electron chi connectivity index (χ4n) is 7.10. The summed E-state index contributed by atoms with van der Waals surface area (Å²) in [5.41, 5.74) is 11.8. The summed E-state index contributed by atoms with van der Waals surface area (Å²) in [5.74, 6) is 0.602. The molecule has 0 aliphatic carbocycles. The zero-order valence-electron chi connectivity index (χ0n) is 27.5. The highest BCUT2D eigenvalue weighted by Crippen LogP contribution is 2.41. The maximum atomic E-state index is 6.54. The standard InChI is InChI=1S/C47H30N2O2/c1-3-10-31(11-4-1)33-20-22-38(23-21-33)49(39-17-9-16-36(27-39)37-19-18-32-12-7-8-15-35(32)26-37)40-24-25-41-42-29-46-43(30-45(42)50-44(41)28-40)48-47(51-46)34-13-5-2-6-14-34/h1-30H. The van der Waals surface area contributed by atoms with Crippen LogP contribution in [0.5, 0.6) is 0 Å². The van der Waals surface area contributed by atoms with Crippen molar-refractivity contribution in [3.8, 4) is 33.7 Å². The van der Waals surface area contributed by atoms with Gasteiger partial charge in [-0.1, -0.05) is 109 Å². The van der Waals surface area contributed by atoms with Crippen molar-refractivity contribution in [2.45, 2.75) is 0 Å². The van der Waals surface area contributed by atoms with Crippen LogP contribution in [0.1, 0.15) is 0 Å². The molecule has 8 aromatic carbocycles. The van der Waals surface area contributed by atoms with Crippen LogP contribution in [0.3, 0.4) is 0 Å². The average molecular weight is 655 g/mol. The van der Waals surface area contributed by atoms with E-state index in [1.54, 1.807) is 0 Å². The number of oxazole rings is 1. The van der Waals surface area contributed by atoms with Crippen molar-refractivity contribution < 1.29 is 8.83 Å². The van der Waals surface area contributed by atoms with Crippen molar-refractivity contribution in [2.24, 2.45) is 0 Å². The molecular formula is C47H30N2O2. The van der Waals surface area contributed by atoms with Crippen LogP contribution in [0.15, 0.2) is 191 Å². The molecule has 2 heterocycles. The van der Waals surface area contributed by atoms with Crippen LogP contribution in [0.2, 0.25) is 0 Å². The normalized spacial score (nSPS) is 11.5. The molecule has 0 unspecified atom stereocenters. The zero-order valence-corrected chi connectivity index (χ0v) is 27.5. The van der Waals surface area contributed by atoms with E-state index in [2.05, 4.69) is 138 Å². The van der Waals surface area contributed by atoms with Crippen molar-refractivity contribution in [3.05, 3.63) is 182 Å². The lowest BCUT2D eigenvalue weighted by atomic mass is 10.00. The summed E-state index contributed by atoms with van der Waals surface area (Å²) in [6.45, 7) is 0. The van der Waals surface area contributed by atoms with Gasteiger partial charge < -0.3 is 13.7 Å². The largest absolute Gasteiger partial charge is 0.456 e. The molecule has 0 aliphatic rings. The number of benzene rings is 8. The molecule has 0 atom stereocenters. The van der Waals surface area contributed by atoms with Gasteiger partial charge in [-0.05, 0) is 93.7 Å². The lowest BCUT2D eigenvalue weighted by Crippen LogP contribution is -2.10. The quantitative estimate of drug-likeness (QED) is 0.179. The minimum absolute atomic E-state index is 0.602. The van der Waals surface area contributed by atoms with Gasteiger partial charge >= 0.3 is 0 Å². The Morgan fingerprint density at radius 3 is 1.80 bits per heavy atom. The number of hydrogen-bond donors (Lipinski definition) is 0. The number of fused-ring (bicyclic) bond motifs is 5. The summed E-state index contributed by atoms with van der Waals surface area (Å²) in [5, 5.41) is 4.48. The topological polar surface area (TPSA) is 42.4 Å². The molecule has 0 aliphatic heterocycles. The first-order valence-electron chi connectivity index (χ1n) is 17.1. The first kappa shape index (κ1) is 29.0. The van der Waals surface area contributed by atoms with Crippen LogP contribution >= 0.6 is 0 Å². The molecule has 2 aromatic heterocycles. The summed E-state index contributed by atoms with van der Waals surface area (Å²) in [6.07, 6.45) is 0. The molecule has 240 valence electrons. The summed E-state index contributed by atoms with van der Waals surface area (Å²) in [4.78, 5) is 7.07. The van der Waals surface area contributed by atoms with Gasteiger partial charge in [-0.15, -0.1) is 0 Å². The summed E-state index contributed by atoms with van der Waals surface area (Å²) in [7, 11) is 0. The third-order valence-corrected chi connectivity index (χ3v) is 9.66. The Morgan fingerprint density at radius 1 is 0.353 bits per heavy atom. The second-order valence-corrected chi connectivity index (χ2v) is 12.8. The monoisotopic (exact) mass is 654 g/mol. The van der Waals surface area contributed by atoms with Crippen LogP contribution in [0, 0.1) is 0 Å². The van der Waals surface area contributed by atoms with Crippen LogP contribution in [0.25, 0.3) is 77.5 Å². The molecule has 0 N–H and O–H groups in total. The number of hydrogen-bond acceptors (Lipinski definition) is 4. The fraction of sp³-hybridized carbons (Fsp3) is 0. The van der Waals surface area contributed by atoms with Crippen LogP contribution in [0.4, 0.5) is 17.1 Å². The van der Waals surface area contributed by atoms with E-state index >= 15 is 0 Å². The van der Waals surface area contributed by atoms with Gasteiger partial charge in [-0.2, -0.15) is 0 Å². The maximum absolute atomic E-state index is 6.54. The van der Waals surface area contributed by atoms with Gasteiger partial charge in [-0.25, -0.2) is 4.98 Å². The molecule has 0 bridgehead atoms. The van der Waals surface area contributed by atoms with E-state index in [9.17, 15) is 0 Å². The van der Waals surface area contributed by atoms with E-state index < -0.39 is 0 Å². The highest BCUT2D eigenvalue weighted by atomic mass is 16.4. The molecule has 51 heavy (non-hydrogen) atoms. The molecule has 4 heteroatoms. The first-order valence-corrected chi connectivity index (χ1v) is 17.1. The van der Waals surface area contributed by atoms with Crippen molar-refractivity contribution in [1.82, 2.24) is 4.98 Å². The minimum Gasteiger partial charge on any atom is -0.456 e. The Labute approximate surface area is 294 Å². The van der Waals surface area contributed by atoms with Gasteiger partial charge in [0.2, 0.25) is 5.89 Å². The highest BCUT2D eigenvalue weighted by Gasteiger charge is 2.18. The third kappa shape index (κ3) is 5.22. The predicted octanol–water partition coefficient (Wildman–Crippen LogP) is 13.4. The molecule has 4 nitrogen and oxygen atoms in total. The third-order valence-electron chi connectivity index (χ3n) is 9.66. The van der Waals surface area contributed by atoms with E-state index in [0.29, 0.717) is 5.89 Å². The highest BCUT2D eigenvalue weighted by molar-refractivity contribution is 6.09. The Bertz CT molecular complexity index is 2850. The molecular weight excluding hydrogens is 625 g/mol. The van der Waals surface area contributed by atoms with Crippen molar-refractivity contribution in [2.75, 3.05) is 4.90 Å². The van der Waals surface area contributed by atoms with E-state index in [0.717, 1.165) is 61.2 Å². The van der Waals surface area contributed by atoms with Gasteiger partial charge in [0.05, 0.1) is 0 Å². The van der Waals surface area contributed by atoms with E-state index in [1.165, 1.54) is 27.5 Å². The van der Waals surface area contributed by atoms with Crippen molar-refractivity contribution in [1.29, 1.82) is 0 Å². The number of rotatable bonds is 6. The van der Waals surface area contributed by atoms with Crippen molar-refractivity contribution >= 4 is 60.9 Å². The molecule has 10 aromatic rings. The second kappa shape index (κ2) is 11.9. The lowest BCUT2D eigenvalue weighted by Gasteiger charge is -2.26. The van der Waals surface area contributed by atoms with Gasteiger partial charge in [0, 0.05) is 45.5 Å². The fourth-order valence-corrected chi connectivity index (χ4v) is 7.10. The maximum Gasteiger partial charge on any atom is 0.227 e. The van der Waals surface area contributed by atoms with E-state index in [4.69, 9.17) is 13.8 Å². The van der Waals surface area contributed by atoms with E-state index in [1.807, 2.05) is 48.5 Å².